The molecule has 0 saturated carbocycles. The van der Waals surface area contributed by atoms with Gasteiger partial charge in [0.15, 0.2) is 0 Å². The van der Waals surface area contributed by atoms with E-state index in [1.54, 1.807) is 18.2 Å². The summed E-state index contributed by atoms with van der Waals surface area (Å²) in [5.74, 6) is -0.0492. The number of halogens is 1. The van der Waals surface area contributed by atoms with Crippen molar-refractivity contribution in [3.63, 3.8) is 0 Å². The lowest BCUT2D eigenvalue weighted by atomic mass is 10.1. The Balaban J connectivity index is 2.08. The molecule has 0 saturated heterocycles. The lowest BCUT2D eigenvalue weighted by Gasteiger charge is -2.14. The minimum absolute atomic E-state index is 0.138. The molecular weight excluding hydrogens is 262 g/mol. The van der Waals surface area contributed by atoms with Gasteiger partial charge in [0.2, 0.25) is 0 Å². The molecule has 0 bridgehead atoms. The zero-order valence-electron chi connectivity index (χ0n) is 10.4. The predicted octanol–water partition coefficient (Wildman–Crippen LogP) is 3.54. The van der Waals surface area contributed by atoms with Crippen LogP contribution in [0.4, 0.5) is 0 Å². The molecule has 0 aliphatic heterocycles. The minimum Gasteiger partial charge on any atom is -0.508 e. The maximum Gasteiger partial charge on any atom is 0.251 e. The molecule has 98 valence electrons. The van der Waals surface area contributed by atoms with E-state index in [9.17, 15) is 9.90 Å². The van der Waals surface area contributed by atoms with Gasteiger partial charge in [-0.05, 0) is 48.9 Å². The summed E-state index contributed by atoms with van der Waals surface area (Å²) in [4.78, 5) is 12.0. The highest BCUT2D eigenvalue weighted by Crippen LogP contribution is 2.18. The molecule has 0 aliphatic rings. The van der Waals surface area contributed by atoms with Crippen molar-refractivity contribution in [3.8, 4) is 5.75 Å². The Morgan fingerprint density at radius 3 is 2.53 bits per heavy atom. The number of carbonyl (C=O) groups excluding carboxylic acids is 1. The number of nitrogens with one attached hydrogen (secondary N) is 1. The molecule has 19 heavy (non-hydrogen) atoms. The Morgan fingerprint density at radius 1 is 1.21 bits per heavy atom. The quantitative estimate of drug-likeness (QED) is 0.900. The summed E-state index contributed by atoms with van der Waals surface area (Å²) in [6, 6.07) is 13.4. The molecular formula is C15H14ClNO2. The number of amides is 1. The van der Waals surface area contributed by atoms with Gasteiger partial charge in [-0.3, -0.25) is 4.79 Å². The normalized spacial score (nSPS) is 11.9. The van der Waals surface area contributed by atoms with Gasteiger partial charge in [0.1, 0.15) is 5.75 Å². The Hall–Kier alpha value is -2.00. The Morgan fingerprint density at radius 2 is 1.89 bits per heavy atom. The van der Waals surface area contributed by atoms with Crippen LogP contribution in [0.15, 0.2) is 48.5 Å². The molecule has 1 unspecified atom stereocenters. The lowest BCUT2D eigenvalue weighted by molar-refractivity contribution is 0.0940. The van der Waals surface area contributed by atoms with E-state index in [2.05, 4.69) is 5.32 Å². The third-order valence-corrected chi connectivity index (χ3v) is 3.06. The largest absolute Gasteiger partial charge is 0.508 e. The van der Waals surface area contributed by atoms with E-state index in [1.165, 1.54) is 12.1 Å². The number of hydrogen-bond acceptors (Lipinski definition) is 2. The molecule has 2 rings (SSSR count). The fourth-order valence-electron chi connectivity index (χ4n) is 1.75. The fraction of sp³-hybridized carbons (Fsp3) is 0.133. The zero-order valence-corrected chi connectivity index (χ0v) is 11.2. The summed E-state index contributed by atoms with van der Waals surface area (Å²) in [6.07, 6.45) is 0. The van der Waals surface area contributed by atoms with Crippen LogP contribution in [0.25, 0.3) is 0 Å². The number of benzene rings is 2. The van der Waals surface area contributed by atoms with Crippen LogP contribution in [-0.2, 0) is 0 Å². The van der Waals surface area contributed by atoms with E-state index < -0.39 is 0 Å². The van der Waals surface area contributed by atoms with E-state index in [-0.39, 0.29) is 17.7 Å². The first-order valence-electron chi connectivity index (χ1n) is 5.91. The van der Waals surface area contributed by atoms with Crippen molar-refractivity contribution in [2.24, 2.45) is 0 Å². The highest BCUT2D eigenvalue weighted by molar-refractivity contribution is 6.30. The summed E-state index contributed by atoms with van der Waals surface area (Å²) >= 11 is 5.92. The number of rotatable bonds is 3. The highest BCUT2D eigenvalue weighted by Gasteiger charge is 2.11. The minimum atomic E-state index is -0.188. The van der Waals surface area contributed by atoms with Gasteiger partial charge < -0.3 is 10.4 Å². The molecule has 2 N–H and O–H groups in total. The van der Waals surface area contributed by atoms with Gasteiger partial charge >= 0.3 is 0 Å². The van der Waals surface area contributed by atoms with Crippen molar-refractivity contribution >= 4 is 17.5 Å². The molecule has 0 spiro atoms. The molecule has 0 fully saturated rings. The molecule has 2 aromatic carbocycles. The second kappa shape index (κ2) is 5.76. The third-order valence-electron chi connectivity index (χ3n) is 2.83. The van der Waals surface area contributed by atoms with Crippen LogP contribution in [0.5, 0.6) is 5.75 Å². The second-order valence-corrected chi connectivity index (χ2v) is 4.73. The average molecular weight is 276 g/mol. The van der Waals surface area contributed by atoms with Crippen LogP contribution < -0.4 is 5.32 Å². The maximum atomic E-state index is 12.0. The van der Waals surface area contributed by atoms with Gasteiger partial charge in [0, 0.05) is 10.6 Å². The van der Waals surface area contributed by atoms with Crippen molar-refractivity contribution in [2.45, 2.75) is 13.0 Å². The van der Waals surface area contributed by atoms with Crippen molar-refractivity contribution in [3.05, 3.63) is 64.7 Å². The van der Waals surface area contributed by atoms with Crippen molar-refractivity contribution in [2.75, 3.05) is 0 Å². The van der Waals surface area contributed by atoms with Crippen LogP contribution in [-0.4, -0.2) is 11.0 Å². The Bertz CT molecular complexity index is 581. The van der Waals surface area contributed by atoms with Gasteiger partial charge in [-0.2, -0.15) is 0 Å². The van der Waals surface area contributed by atoms with Crippen molar-refractivity contribution in [1.82, 2.24) is 5.32 Å². The molecule has 1 amide bonds. The highest BCUT2D eigenvalue weighted by atomic mass is 35.5. The van der Waals surface area contributed by atoms with E-state index in [4.69, 9.17) is 11.6 Å². The first-order valence-corrected chi connectivity index (χ1v) is 6.29. The Kier molecular flexibility index (Phi) is 4.07. The molecule has 0 heterocycles. The lowest BCUT2D eigenvalue weighted by Crippen LogP contribution is -2.26. The van der Waals surface area contributed by atoms with Crippen LogP contribution in [0.1, 0.15) is 28.9 Å². The van der Waals surface area contributed by atoms with Gasteiger partial charge in [0.05, 0.1) is 6.04 Å². The molecule has 3 nitrogen and oxygen atoms in total. The third kappa shape index (κ3) is 3.48. The SMILES string of the molecule is CC(NC(=O)c1ccc(O)cc1)c1cccc(Cl)c1. The summed E-state index contributed by atoms with van der Waals surface area (Å²) in [5.41, 5.74) is 1.45. The van der Waals surface area contributed by atoms with Crippen LogP contribution in [0.2, 0.25) is 5.02 Å². The average Bonchev–Trinajstić information content (AvgIpc) is 2.39. The maximum absolute atomic E-state index is 12.0. The summed E-state index contributed by atoms with van der Waals surface area (Å²) < 4.78 is 0. The number of phenols is 1. The number of phenolic OH excluding ortho intramolecular Hbond substituents is 1. The summed E-state index contributed by atoms with van der Waals surface area (Å²) in [7, 11) is 0. The summed E-state index contributed by atoms with van der Waals surface area (Å²) in [5, 5.41) is 12.7. The number of hydrogen-bond donors (Lipinski definition) is 2. The number of carbonyl (C=O) groups is 1. The van der Waals surface area contributed by atoms with Gasteiger partial charge in [-0.25, -0.2) is 0 Å². The molecule has 0 radical (unpaired) electrons. The number of aromatic hydroxyl groups is 1. The van der Waals surface area contributed by atoms with E-state index in [1.807, 2.05) is 25.1 Å². The molecule has 1 atom stereocenters. The smallest absolute Gasteiger partial charge is 0.251 e. The van der Waals surface area contributed by atoms with E-state index in [0.717, 1.165) is 5.56 Å². The Labute approximate surface area is 116 Å². The van der Waals surface area contributed by atoms with Gasteiger partial charge in [-0.15, -0.1) is 0 Å². The zero-order chi connectivity index (χ0) is 13.8. The molecule has 2 aromatic rings. The monoisotopic (exact) mass is 275 g/mol. The summed E-state index contributed by atoms with van der Waals surface area (Å²) in [6.45, 7) is 1.89. The van der Waals surface area contributed by atoms with Crippen LogP contribution >= 0.6 is 11.6 Å². The van der Waals surface area contributed by atoms with Crippen molar-refractivity contribution < 1.29 is 9.90 Å². The van der Waals surface area contributed by atoms with Gasteiger partial charge in [-0.1, -0.05) is 23.7 Å². The van der Waals surface area contributed by atoms with E-state index >= 15 is 0 Å². The topological polar surface area (TPSA) is 49.3 Å². The predicted molar refractivity (Wildman–Crippen MR) is 75.4 cm³/mol. The van der Waals surface area contributed by atoms with Crippen LogP contribution in [0, 0.1) is 0 Å². The van der Waals surface area contributed by atoms with E-state index in [0.29, 0.717) is 10.6 Å². The van der Waals surface area contributed by atoms with Gasteiger partial charge in [0.25, 0.3) is 5.91 Å². The van der Waals surface area contributed by atoms with Crippen LogP contribution in [0.3, 0.4) is 0 Å². The first-order chi connectivity index (χ1) is 9.06. The second-order valence-electron chi connectivity index (χ2n) is 4.30. The fourth-order valence-corrected chi connectivity index (χ4v) is 1.95. The standard InChI is InChI=1S/C15H14ClNO2/c1-10(12-3-2-4-13(16)9-12)17-15(19)11-5-7-14(18)8-6-11/h2-10,18H,1H3,(H,17,19). The molecule has 0 aromatic heterocycles. The first kappa shape index (κ1) is 13.4. The molecule has 0 aliphatic carbocycles. The van der Waals surface area contributed by atoms with Crippen molar-refractivity contribution in [1.29, 1.82) is 0 Å². The molecule has 4 heteroatoms.